The van der Waals surface area contributed by atoms with Crippen LogP contribution in [-0.4, -0.2) is 64.9 Å². The van der Waals surface area contributed by atoms with Crippen LogP contribution >= 0.6 is 23.5 Å². The van der Waals surface area contributed by atoms with Crippen molar-refractivity contribution in [2.75, 3.05) is 24.0 Å². The van der Waals surface area contributed by atoms with Gasteiger partial charge in [-0.05, 0) is 89.8 Å². The maximum atomic E-state index is 12.9. The van der Waals surface area contributed by atoms with Crippen molar-refractivity contribution in [3.63, 3.8) is 0 Å². The molecule has 2 aromatic rings. The minimum atomic E-state index is -4.15. The van der Waals surface area contributed by atoms with Gasteiger partial charge in [0.15, 0.2) is 0 Å². The Kier molecular flexibility index (Phi) is 9.69. The van der Waals surface area contributed by atoms with Crippen LogP contribution in [0, 0.1) is 0 Å². The van der Waals surface area contributed by atoms with Crippen LogP contribution in [0.15, 0.2) is 46.2 Å². The molecule has 10 nitrogen and oxygen atoms in total. The van der Waals surface area contributed by atoms with E-state index in [4.69, 9.17) is 0 Å². The number of nitrogens with one attached hydrogen (secondary N) is 2. The zero-order chi connectivity index (χ0) is 27.4. The van der Waals surface area contributed by atoms with E-state index in [1.165, 1.54) is 47.8 Å². The molecule has 2 N–H and O–H groups in total. The second-order valence-electron chi connectivity index (χ2n) is 8.36. The van der Waals surface area contributed by atoms with Crippen molar-refractivity contribution in [3.8, 4) is 11.1 Å². The summed E-state index contributed by atoms with van der Waals surface area (Å²) in [7, 11) is -8.31. The number of hydrogen-bond acceptors (Lipinski definition) is 10. The van der Waals surface area contributed by atoms with Crippen molar-refractivity contribution in [1.82, 2.24) is 9.44 Å². The highest BCUT2D eigenvalue weighted by atomic mass is 32.2. The van der Waals surface area contributed by atoms with E-state index in [9.17, 15) is 36.6 Å². The predicted molar refractivity (Wildman–Crippen MR) is 139 cm³/mol. The van der Waals surface area contributed by atoms with Crippen molar-refractivity contribution in [3.05, 3.63) is 47.5 Å². The minimum absolute atomic E-state index is 0.0699. The fraction of sp³-hybridized carbons (Fsp3) is 0.391. The first-order valence-corrected chi connectivity index (χ1v) is 16.9. The Hall–Kier alpha value is -2.10. The van der Waals surface area contributed by atoms with Gasteiger partial charge in [0.2, 0.25) is 20.0 Å². The summed E-state index contributed by atoms with van der Waals surface area (Å²) in [4.78, 5) is 22.5. The third-order valence-corrected chi connectivity index (χ3v) is 10.1. The van der Waals surface area contributed by atoms with E-state index in [2.05, 4.69) is 9.44 Å². The molecule has 0 heterocycles. The van der Waals surface area contributed by atoms with Gasteiger partial charge in [0.05, 0.1) is 33.8 Å². The normalized spacial score (nSPS) is 14.5. The smallest absolute Gasteiger partial charge is 0.241 e. The maximum Gasteiger partial charge on any atom is 0.241 e. The summed E-state index contributed by atoms with van der Waals surface area (Å²) >= 11 is 2.77. The van der Waals surface area contributed by atoms with Gasteiger partial charge in [-0.2, -0.15) is 23.5 Å². The number of carboxylic acids is 2. The van der Waals surface area contributed by atoms with Crippen LogP contribution in [0.5, 0.6) is 0 Å². The zero-order valence-corrected chi connectivity index (χ0v) is 23.3. The highest BCUT2D eigenvalue weighted by Crippen LogP contribution is 2.38. The molecule has 0 saturated carbocycles. The fourth-order valence-electron chi connectivity index (χ4n) is 3.93. The van der Waals surface area contributed by atoms with Crippen LogP contribution in [0.1, 0.15) is 24.0 Å². The molecule has 0 radical (unpaired) electrons. The number of thioether (sulfide) groups is 2. The van der Waals surface area contributed by atoms with Crippen molar-refractivity contribution in [2.24, 2.45) is 0 Å². The van der Waals surface area contributed by atoms with Gasteiger partial charge in [-0.1, -0.05) is 12.1 Å². The quantitative estimate of drug-likeness (QED) is 0.252. The number of sulfonamides is 2. The van der Waals surface area contributed by atoms with E-state index in [0.717, 1.165) is 11.1 Å². The molecule has 1 aliphatic carbocycles. The van der Waals surface area contributed by atoms with E-state index >= 15 is 0 Å². The highest BCUT2D eigenvalue weighted by Gasteiger charge is 2.27. The maximum absolute atomic E-state index is 12.9. The summed E-state index contributed by atoms with van der Waals surface area (Å²) in [6.07, 6.45) is 3.93. The molecule has 0 aromatic heterocycles. The number of aliphatic carboxylic acids is 2. The standard InChI is InChI=1S/C23H28N2O8S4/c1-34-9-7-20(22(26)27)24-36(30,31)16-3-5-18-14(12-16)11-15-13-17(4-6-19(15)18)37(32,33)25-21(23(28)29)8-10-35-2/h3-6,12-13,20-21,24-25H,7-11H2,1-2H3,(H,26,27)(H,28,29)/p-2/t20-,21+. The summed E-state index contributed by atoms with van der Waals surface area (Å²) in [5.41, 5.74) is 2.69. The Labute approximate surface area is 224 Å². The van der Waals surface area contributed by atoms with E-state index in [0.29, 0.717) is 22.6 Å². The lowest BCUT2D eigenvalue weighted by atomic mass is 10.1. The van der Waals surface area contributed by atoms with Crippen molar-refractivity contribution >= 4 is 55.5 Å². The van der Waals surface area contributed by atoms with E-state index in [1.54, 1.807) is 24.6 Å². The summed E-state index contributed by atoms with van der Waals surface area (Å²) in [6, 6.07) is 6.02. The zero-order valence-electron chi connectivity index (χ0n) is 20.1. The summed E-state index contributed by atoms with van der Waals surface area (Å²) in [5.74, 6) is -2.16. The average Bonchev–Trinajstić information content (AvgIpc) is 3.21. The molecule has 0 spiro atoms. The Morgan fingerprint density at radius 1 is 0.784 bits per heavy atom. The predicted octanol–water partition coefficient (Wildman–Crippen LogP) is -0.442. The molecule has 0 saturated heterocycles. The molecule has 0 bridgehead atoms. The van der Waals surface area contributed by atoms with Gasteiger partial charge in [-0.25, -0.2) is 26.3 Å². The summed E-state index contributed by atoms with van der Waals surface area (Å²) < 4.78 is 55.8. The Balaban J connectivity index is 1.84. The largest absolute Gasteiger partial charge is 0.548 e. The van der Waals surface area contributed by atoms with Gasteiger partial charge in [0.25, 0.3) is 0 Å². The van der Waals surface area contributed by atoms with Crippen LogP contribution in [0.25, 0.3) is 11.1 Å². The lowest BCUT2D eigenvalue weighted by Gasteiger charge is -2.19. The molecular weight excluding hydrogens is 561 g/mol. The Bertz CT molecular complexity index is 1290. The molecular formula is C23H26N2O8S4-2. The van der Waals surface area contributed by atoms with Crippen molar-refractivity contribution < 1.29 is 36.6 Å². The second-order valence-corrected chi connectivity index (χ2v) is 13.8. The average molecular weight is 587 g/mol. The van der Waals surface area contributed by atoms with Crippen LogP contribution in [0.2, 0.25) is 0 Å². The molecule has 202 valence electrons. The number of fused-ring (bicyclic) bond motifs is 3. The molecule has 37 heavy (non-hydrogen) atoms. The van der Waals surface area contributed by atoms with Crippen LogP contribution in [-0.2, 0) is 36.1 Å². The monoisotopic (exact) mass is 586 g/mol. The molecule has 0 amide bonds. The third-order valence-electron chi connectivity index (χ3n) is 5.83. The molecule has 0 fully saturated rings. The first-order valence-electron chi connectivity index (χ1n) is 11.1. The molecule has 14 heteroatoms. The minimum Gasteiger partial charge on any atom is -0.548 e. The first kappa shape index (κ1) is 29.5. The Morgan fingerprint density at radius 3 is 1.49 bits per heavy atom. The number of carbonyl (C=O) groups excluding carboxylic acids is 2. The molecule has 2 atom stereocenters. The van der Waals surface area contributed by atoms with Gasteiger partial charge in [0.1, 0.15) is 0 Å². The topological polar surface area (TPSA) is 173 Å². The van der Waals surface area contributed by atoms with Crippen LogP contribution in [0.3, 0.4) is 0 Å². The van der Waals surface area contributed by atoms with Crippen molar-refractivity contribution in [2.45, 2.75) is 41.1 Å². The third kappa shape index (κ3) is 7.06. The first-order chi connectivity index (χ1) is 17.4. The van der Waals surface area contributed by atoms with Crippen molar-refractivity contribution in [1.29, 1.82) is 0 Å². The number of carbonyl (C=O) groups is 2. The van der Waals surface area contributed by atoms with Gasteiger partial charge in [0, 0.05) is 0 Å². The molecule has 0 aliphatic heterocycles. The number of rotatable bonds is 14. The lowest BCUT2D eigenvalue weighted by molar-refractivity contribution is -0.309. The molecule has 2 aromatic carbocycles. The highest BCUT2D eigenvalue weighted by molar-refractivity contribution is 7.98. The van der Waals surface area contributed by atoms with Gasteiger partial charge in [-0.3, -0.25) is 0 Å². The summed E-state index contributed by atoms with van der Waals surface area (Å²) in [6.45, 7) is 0. The Morgan fingerprint density at radius 2 is 1.16 bits per heavy atom. The number of carboxylic acid groups (broad SMARTS) is 2. The van der Waals surface area contributed by atoms with Gasteiger partial charge >= 0.3 is 0 Å². The number of benzene rings is 2. The summed E-state index contributed by atoms with van der Waals surface area (Å²) in [5, 5.41) is 22.8. The lowest BCUT2D eigenvalue weighted by Crippen LogP contribution is -2.48. The number of hydrogen-bond donors (Lipinski definition) is 2. The molecule has 1 aliphatic rings. The molecule has 0 unspecified atom stereocenters. The van der Waals surface area contributed by atoms with Crippen LogP contribution < -0.4 is 19.7 Å². The fourth-order valence-corrected chi connectivity index (χ4v) is 7.41. The molecule has 3 rings (SSSR count). The van der Waals surface area contributed by atoms with Gasteiger partial charge < -0.3 is 19.8 Å². The second kappa shape index (κ2) is 12.2. The van der Waals surface area contributed by atoms with Gasteiger partial charge in [-0.15, -0.1) is 0 Å². The van der Waals surface area contributed by atoms with Crippen LogP contribution in [0.4, 0.5) is 0 Å². The van der Waals surface area contributed by atoms with E-state index in [-0.39, 0.29) is 29.1 Å². The van der Waals surface area contributed by atoms with E-state index < -0.39 is 44.1 Å². The van der Waals surface area contributed by atoms with E-state index in [1.807, 2.05) is 0 Å². The SMILES string of the molecule is CSCC[C@H](NS(=O)(=O)c1ccc2c(c1)Cc1cc(S(=O)(=O)N[C@H](CCSC)C(=O)[O-])ccc1-2)C(=O)[O-].